The van der Waals surface area contributed by atoms with Crippen LogP contribution in [0, 0.1) is 6.92 Å². The normalized spacial score (nSPS) is 13.4. The molecule has 0 unspecified atom stereocenters. The molecule has 1 aliphatic heterocycles. The second-order valence-electron chi connectivity index (χ2n) is 5.31. The topological polar surface area (TPSA) is 99.9 Å². The van der Waals surface area contributed by atoms with Crippen LogP contribution in [0.3, 0.4) is 0 Å². The highest BCUT2D eigenvalue weighted by molar-refractivity contribution is 6.32. The Morgan fingerprint density at radius 2 is 2.16 bits per heavy atom. The Bertz CT molecular complexity index is 819. The smallest absolute Gasteiger partial charge is 0.339 e. The minimum Gasteiger partial charge on any atom is -0.454 e. The molecule has 1 aromatic heterocycles. The number of anilines is 1. The number of esters is 1. The number of nitrogens with zero attached hydrogens (tertiary/aromatic N) is 1. The lowest BCUT2D eigenvalue weighted by Crippen LogP contribution is -2.32. The van der Waals surface area contributed by atoms with Crippen LogP contribution in [0.1, 0.15) is 29.5 Å². The molecular formula is C16H15ClN2O6. The van der Waals surface area contributed by atoms with E-state index in [1.54, 1.807) is 19.9 Å². The van der Waals surface area contributed by atoms with Crippen molar-refractivity contribution in [3.8, 4) is 11.5 Å². The summed E-state index contributed by atoms with van der Waals surface area (Å²) in [6, 6.07) is 4.43. The molecule has 1 N–H and O–H groups in total. The van der Waals surface area contributed by atoms with E-state index in [1.807, 2.05) is 0 Å². The Morgan fingerprint density at radius 1 is 1.36 bits per heavy atom. The van der Waals surface area contributed by atoms with Crippen molar-refractivity contribution in [2.75, 3.05) is 12.1 Å². The summed E-state index contributed by atoms with van der Waals surface area (Å²) in [5.41, 5.74) is 0.165. The van der Waals surface area contributed by atoms with Crippen molar-refractivity contribution >= 4 is 29.3 Å². The summed E-state index contributed by atoms with van der Waals surface area (Å²) in [7, 11) is 0. The quantitative estimate of drug-likeness (QED) is 0.812. The van der Waals surface area contributed by atoms with Crippen LogP contribution in [-0.2, 0) is 9.53 Å². The van der Waals surface area contributed by atoms with Crippen molar-refractivity contribution in [3.63, 3.8) is 0 Å². The average molecular weight is 367 g/mol. The van der Waals surface area contributed by atoms with Crippen molar-refractivity contribution in [1.29, 1.82) is 0 Å². The van der Waals surface area contributed by atoms with E-state index in [0.717, 1.165) is 0 Å². The van der Waals surface area contributed by atoms with Crippen LogP contribution >= 0.6 is 11.6 Å². The van der Waals surface area contributed by atoms with Crippen LogP contribution in [0.25, 0.3) is 0 Å². The van der Waals surface area contributed by atoms with Gasteiger partial charge in [-0.2, -0.15) is 0 Å². The second kappa shape index (κ2) is 7.02. The van der Waals surface area contributed by atoms with E-state index in [0.29, 0.717) is 17.3 Å². The summed E-state index contributed by atoms with van der Waals surface area (Å²) < 4.78 is 20.6. The number of amides is 1. The molecule has 3 rings (SSSR count). The average Bonchev–Trinajstić information content (AvgIpc) is 3.21. The highest BCUT2D eigenvalue weighted by Gasteiger charge is 2.26. The number of benzene rings is 1. The molecule has 0 aliphatic carbocycles. The van der Waals surface area contributed by atoms with Crippen LogP contribution in [0.2, 0.25) is 5.02 Å². The molecule has 0 saturated heterocycles. The molecule has 1 aromatic carbocycles. The highest BCUT2D eigenvalue weighted by Crippen LogP contribution is 2.40. The first-order valence-electron chi connectivity index (χ1n) is 7.52. The lowest BCUT2D eigenvalue weighted by Gasteiger charge is -2.15. The van der Waals surface area contributed by atoms with Crippen molar-refractivity contribution in [2.45, 2.75) is 26.4 Å². The van der Waals surface area contributed by atoms with Gasteiger partial charge in [0.25, 0.3) is 5.91 Å². The third-order valence-corrected chi connectivity index (χ3v) is 3.74. The molecule has 1 aliphatic rings. The summed E-state index contributed by atoms with van der Waals surface area (Å²) in [6.45, 7) is 3.45. The van der Waals surface area contributed by atoms with Crippen LogP contribution in [0.4, 0.5) is 5.82 Å². The zero-order valence-electron chi connectivity index (χ0n) is 13.5. The first kappa shape index (κ1) is 17.1. The van der Waals surface area contributed by atoms with Gasteiger partial charge in [-0.1, -0.05) is 23.7 Å². The van der Waals surface area contributed by atoms with E-state index in [-0.39, 0.29) is 29.6 Å². The van der Waals surface area contributed by atoms with Crippen LogP contribution in [-0.4, -0.2) is 29.9 Å². The van der Waals surface area contributed by atoms with E-state index < -0.39 is 18.0 Å². The number of carbonyl (C=O) groups is 2. The van der Waals surface area contributed by atoms with Gasteiger partial charge in [-0.05, 0) is 25.5 Å². The number of halogens is 1. The van der Waals surface area contributed by atoms with Gasteiger partial charge >= 0.3 is 5.97 Å². The lowest BCUT2D eigenvalue weighted by atomic mass is 10.2. The van der Waals surface area contributed by atoms with Gasteiger partial charge in [0.05, 0.1) is 10.6 Å². The molecule has 9 heteroatoms. The SMILES string of the molecule is CC[C@H](OC(=O)c1cc(Cl)c2c(c1)OCO2)C(=O)Nc1cc(C)on1. The molecule has 0 fully saturated rings. The Balaban J connectivity index is 1.70. The number of ether oxygens (including phenoxy) is 3. The monoisotopic (exact) mass is 366 g/mol. The molecule has 25 heavy (non-hydrogen) atoms. The maximum Gasteiger partial charge on any atom is 0.339 e. The Hall–Kier alpha value is -2.74. The number of carbonyl (C=O) groups excluding carboxylic acids is 2. The number of aromatic nitrogens is 1. The molecule has 1 atom stereocenters. The Labute approximate surface area is 148 Å². The van der Waals surface area contributed by atoms with Gasteiger partial charge in [0, 0.05) is 6.07 Å². The van der Waals surface area contributed by atoms with Gasteiger partial charge in [-0.3, -0.25) is 4.79 Å². The first-order valence-corrected chi connectivity index (χ1v) is 7.90. The summed E-state index contributed by atoms with van der Waals surface area (Å²) in [5, 5.41) is 6.43. The Morgan fingerprint density at radius 3 is 2.84 bits per heavy atom. The summed E-state index contributed by atoms with van der Waals surface area (Å²) in [5.74, 6) is 0.340. The number of hydrogen-bond acceptors (Lipinski definition) is 7. The molecule has 0 radical (unpaired) electrons. The fourth-order valence-corrected chi connectivity index (χ4v) is 2.50. The van der Waals surface area contributed by atoms with E-state index in [4.69, 9.17) is 30.3 Å². The highest BCUT2D eigenvalue weighted by atomic mass is 35.5. The number of nitrogens with one attached hydrogen (secondary N) is 1. The third-order valence-electron chi connectivity index (χ3n) is 3.45. The van der Waals surface area contributed by atoms with Crippen molar-refractivity contribution in [2.24, 2.45) is 0 Å². The van der Waals surface area contributed by atoms with Crippen molar-refractivity contribution in [1.82, 2.24) is 5.16 Å². The predicted molar refractivity (Wildman–Crippen MR) is 86.9 cm³/mol. The standard InChI is InChI=1S/C16H15ClN2O6/c1-3-11(15(20)18-13-4-8(2)25-19-13)24-16(21)9-5-10(17)14-12(6-9)22-7-23-14/h4-6,11H,3,7H2,1-2H3,(H,18,19,20)/t11-/m0/s1. The maximum atomic E-state index is 12.3. The third kappa shape index (κ3) is 3.69. The van der Waals surface area contributed by atoms with Crippen molar-refractivity contribution < 1.29 is 28.3 Å². The van der Waals surface area contributed by atoms with E-state index in [2.05, 4.69) is 10.5 Å². The number of aryl methyl sites for hydroxylation is 1. The largest absolute Gasteiger partial charge is 0.454 e. The molecule has 0 saturated carbocycles. The molecule has 8 nitrogen and oxygen atoms in total. The fraction of sp³-hybridized carbons (Fsp3) is 0.312. The van der Waals surface area contributed by atoms with Crippen molar-refractivity contribution in [3.05, 3.63) is 34.5 Å². The zero-order chi connectivity index (χ0) is 18.0. The molecule has 2 aromatic rings. The first-order chi connectivity index (χ1) is 12.0. The molecule has 0 bridgehead atoms. The zero-order valence-corrected chi connectivity index (χ0v) is 14.3. The van der Waals surface area contributed by atoms with Gasteiger partial charge in [0.15, 0.2) is 23.4 Å². The van der Waals surface area contributed by atoms with E-state index >= 15 is 0 Å². The minimum absolute atomic E-state index is 0.0324. The summed E-state index contributed by atoms with van der Waals surface area (Å²) >= 11 is 6.05. The second-order valence-corrected chi connectivity index (χ2v) is 5.71. The Kier molecular flexibility index (Phi) is 4.80. The van der Waals surface area contributed by atoms with Crippen LogP contribution in [0.5, 0.6) is 11.5 Å². The maximum absolute atomic E-state index is 12.3. The molecular weight excluding hydrogens is 352 g/mol. The van der Waals surface area contributed by atoms with Crippen LogP contribution < -0.4 is 14.8 Å². The van der Waals surface area contributed by atoms with Gasteiger partial charge in [-0.15, -0.1) is 0 Å². The summed E-state index contributed by atoms with van der Waals surface area (Å²) in [6.07, 6.45) is -0.708. The van der Waals surface area contributed by atoms with Gasteiger partial charge in [0.1, 0.15) is 5.76 Å². The van der Waals surface area contributed by atoms with E-state index in [9.17, 15) is 9.59 Å². The fourth-order valence-electron chi connectivity index (χ4n) is 2.24. The number of fused-ring (bicyclic) bond motifs is 1. The molecule has 132 valence electrons. The van der Waals surface area contributed by atoms with Gasteiger partial charge < -0.3 is 24.1 Å². The predicted octanol–water partition coefficient (Wildman–Crippen LogP) is 2.94. The van der Waals surface area contributed by atoms with Crippen LogP contribution in [0.15, 0.2) is 22.7 Å². The molecule has 1 amide bonds. The number of rotatable bonds is 5. The molecule has 0 spiro atoms. The van der Waals surface area contributed by atoms with Gasteiger partial charge in [-0.25, -0.2) is 4.79 Å². The lowest BCUT2D eigenvalue weighted by molar-refractivity contribution is -0.124. The van der Waals surface area contributed by atoms with Gasteiger partial charge in [0.2, 0.25) is 6.79 Å². The molecule has 2 heterocycles. The van der Waals surface area contributed by atoms with E-state index in [1.165, 1.54) is 12.1 Å². The number of hydrogen-bond donors (Lipinski definition) is 1. The minimum atomic E-state index is -0.992. The summed E-state index contributed by atoms with van der Waals surface area (Å²) in [4.78, 5) is 24.6.